The van der Waals surface area contributed by atoms with Crippen LogP contribution in [0.4, 0.5) is 17.6 Å². The first kappa shape index (κ1) is 127. The summed E-state index contributed by atoms with van der Waals surface area (Å²) < 4.78 is 81.8. The third-order valence-corrected chi connectivity index (χ3v) is 26.7. The first-order valence-corrected chi connectivity index (χ1v) is 52.2. The van der Waals surface area contributed by atoms with Gasteiger partial charge in [-0.15, -0.1) is 0 Å². The largest absolute Gasteiger partial charge is 0.378 e. The van der Waals surface area contributed by atoms with Gasteiger partial charge in [-0.1, -0.05) is 350 Å². The van der Waals surface area contributed by atoms with E-state index in [0.29, 0.717) is 46.3 Å². The molecule has 10 heteroatoms. The van der Waals surface area contributed by atoms with Crippen LogP contribution in [0.1, 0.15) is 380 Å². The predicted molar refractivity (Wildman–Crippen MR) is 571 cm³/mol. The maximum absolute atomic E-state index is 12.6. The van der Waals surface area contributed by atoms with Gasteiger partial charge in [0.05, 0.1) is 38.6 Å². The van der Waals surface area contributed by atoms with Crippen LogP contribution in [-0.4, -0.2) is 64.4 Å². The standard InChI is InChI=1S/4C8H9F.4C8H16.2C8H14.2C8H10.2C7H14O.2C6H12O2.CH4/c4*1-6-3-4-7(2)8(9)5-6;8*1-7-3-5-8(2)6-4-7;2*1-6-3-4-7(2)8-5-6;2*1-5-3-7-6(2)8-4-5;/h4*3-5H,1-2H3;4*7-8H,3-6H2,1-2H3;2*3,8H,4-6H2,1-2H3;2*3-6H,1-2H3;2*6-7H,3-5H2,1-2H3;2*5-6H,3-4H2,1-2H3;1H4. The first-order chi connectivity index (χ1) is 62.2. The van der Waals surface area contributed by atoms with Gasteiger partial charge in [0.1, 0.15) is 23.3 Å². The number of ether oxygens (including phenoxy) is 6. The molecule has 0 spiro atoms. The molecular formula is C123H204F4O6. The van der Waals surface area contributed by atoms with E-state index in [1.165, 1.54) is 213 Å². The van der Waals surface area contributed by atoms with Crippen molar-refractivity contribution in [3.05, 3.63) is 235 Å². The summed E-state index contributed by atoms with van der Waals surface area (Å²) >= 11 is 0. The zero-order chi connectivity index (χ0) is 99.2. The van der Waals surface area contributed by atoms with Gasteiger partial charge < -0.3 is 28.4 Å². The molecule has 0 bridgehead atoms. The molecule has 0 radical (unpaired) electrons. The fraction of sp³-hybridized carbons (Fsp3) is 0.675. The van der Waals surface area contributed by atoms with Crippen molar-refractivity contribution in [2.45, 2.75) is 421 Å². The Bertz CT molecular complexity index is 3210. The SMILES string of the molecule is C.CC1=CCC(C)CC1.CC1=CCC(C)CC1.CC1CCC(C)CC1.CC1CCC(C)CC1.CC1CCC(C)CC1.CC1CCC(C)CC1.CC1CCC(C)OC1.CC1CCC(C)OC1.CC1COC(C)OC1.CC1COC(C)OC1.Cc1ccc(C)c(F)c1.Cc1ccc(C)c(F)c1.Cc1ccc(C)c(F)c1.Cc1ccc(C)c(F)c1.Cc1ccc(C)cc1.Cc1ccc(C)cc1. The molecule has 0 N–H and O–H groups in total. The summed E-state index contributed by atoms with van der Waals surface area (Å²) in [7, 11) is 0. The number of halogens is 4. The number of aryl methyl sites for hydroxylation is 12. The molecule has 10 aliphatic rings. The molecule has 6 aromatic carbocycles. The van der Waals surface area contributed by atoms with E-state index in [1.54, 1.807) is 63.1 Å². The highest BCUT2D eigenvalue weighted by Gasteiger charge is 2.20. The fourth-order valence-corrected chi connectivity index (χ4v) is 15.4. The minimum Gasteiger partial charge on any atom is -0.378 e. The van der Waals surface area contributed by atoms with Crippen LogP contribution in [0.15, 0.2) is 145 Å². The van der Waals surface area contributed by atoms with Gasteiger partial charge in [-0.3, -0.25) is 0 Å². The average molecular weight is 1850 g/mol. The van der Waals surface area contributed by atoms with Crippen molar-refractivity contribution in [1.29, 1.82) is 0 Å². The molecule has 0 aromatic heterocycles. The van der Waals surface area contributed by atoms with Gasteiger partial charge in [-0.05, 0) is 329 Å². The van der Waals surface area contributed by atoms with Crippen molar-refractivity contribution in [2.24, 2.45) is 82.9 Å². The van der Waals surface area contributed by atoms with E-state index in [2.05, 4.69) is 213 Å². The minimum atomic E-state index is -0.116. The zero-order valence-electron chi connectivity index (χ0n) is 90.7. The second-order valence-electron chi connectivity index (χ2n) is 43.0. The Kier molecular flexibility index (Phi) is 72.0. The highest BCUT2D eigenvalue weighted by Crippen LogP contribution is 2.32. The molecule has 0 amide bonds. The molecule has 4 heterocycles. The molecule has 4 aliphatic heterocycles. The molecule has 6 unspecified atom stereocenters. The summed E-state index contributed by atoms with van der Waals surface area (Å²) in [5.41, 5.74) is 15.2. The maximum atomic E-state index is 12.6. The topological polar surface area (TPSA) is 55.4 Å². The van der Waals surface area contributed by atoms with Crippen molar-refractivity contribution >= 4 is 0 Å². The van der Waals surface area contributed by atoms with E-state index in [4.69, 9.17) is 28.4 Å². The lowest BCUT2D eigenvalue weighted by atomic mass is 9.84. The van der Waals surface area contributed by atoms with Crippen molar-refractivity contribution in [2.75, 3.05) is 39.6 Å². The molecule has 4 saturated heterocycles. The molecule has 6 aliphatic carbocycles. The predicted octanol–water partition coefficient (Wildman–Crippen LogP) is 37.5. The van der Waals surface area contributed by atoms with E-state index in [1.807, 2.05) is 65.8 Å². The number of benzene rings is 6. The van der Waals surface area contributed by atoms with Crippen LogP contribution in [-0.2, 0) is 28.4 Å². The third kappa shape index (κ3) is 70.5. The van der Waals surface area contributed by atoms with Gasteiger partial charge in [-0.25, -0.2) is 17.6 Å². The van der Waals surface area contributed by atoms with Crippen molar-refractivity contribution < 1.29 is 46.0 Å². The van der Waals surface area contributed by atoms with Gasteiger partial charge in [0.2, 0.25) is 0 Å². The summed E-state index contributed by atoms with van der Waals surface area (Å²) in [5, 5.41) is 0. The summed E-state index contributed by atoms with van der Waals surface area (Å²) in [6.07, 6.45) is 42.7. The van der Waals surface area contributed by atoms with Gasteiger partial charge >= 0.3 is 0 Å². The molecule has 16 rings (SSSR count). The maximum Gasteiger partial charge on any atom is 0.154 e. The summed E-state index contributed by atoms with van der Waals surface area (Å²) in [4.78, 5) is 0. The van der Waals surface area contributed by atoms with Gasteiger partial charge in [0.15, 0.2) is 12.6 Å². The molecule has 4 saturated carbocycles. The quantitative estimate of drug-likeness (QED) is 0.112. The van der Waals surface area contributed by atoms with E-state index in [9.17, 15) is 17.6 Å². The molecule has 133 heavy (non-hydrogen) atoms. The van der Waals surface area contributed by atoms with Crippen LogP contribution in [0, 0.1) is 189 Å². The van der Waals surface area contributed by atoms with Crippen LogP contribution in [0.25, 0.3) is 0 Å². The number of hydrogen-bond acceptors (Lipinski definition) is 6. The lowest BCUT2D eigenvalue weighted by molar-refractivity contribution is -0.187. The van der Waals surface area contributed by atoms with Gasteiger partial charge in [-0.2, -0.15) is 0 Å². The van der Waals surface area contributed by atoms with Crippen LogP contribution in [0.3, 0.4) is 0 Å². The normalized spacial score (nSPS) is 26.4. The number of rotatable bonds is 0. The molecule has 760 valence electrons. The summed E-state index contributed by atoms with van der Waals surface area (Å²) in [6, 6.07) is 37.8. The Balaban J connectivity index is 0.00000140. The van der Waals surface area contributed by atoms with Crippen LogP contribution < -0.4 is 0 Å². The van der Waals surface area contributed by atoms with Crippen LogP contribution >= 0.6 is 0 Å². The summed E-state index contributed by atoms with van der Waals surface area (Å²) in [5.74, 6) is 12.3. The average Bonchev–Trinajstić information content (AvgIpc) is 0.908. The first-order valence-electron chi connectivity index (χ1n) is 52.2. The fourth-order valence-electron chi connectivity index (χ4n) is 15.4. The van der Waals surface area contributed by atoms with Gasteiger partial charge in [0, 0.05) is 25.0 Å². The van der Waals surface area contributed by atoms with Crippen LogP contribution in [0.5, 0.6) is 0 Å². The number of hydrogen-bond donors (Lipinski definition) is 0. The van der Waals surface area contributed by atoms with E-state index >= 15 is 0 Å². The Morgan fingerprint density at radius 2 is 0.368 bits per heavy atom. The second-order valence-corrected chi connectivity index (χ2v) is 43.0. The van der Waals surface area contributed by atoms with Crippen molar-refractivity contribution in [1.82, 2.24) is 0 Å². The molecule has 6 aromatic rings. The van der Waals surface area contributed by atoms with Crippen molar-refractivity contribution in [3.8, 4) is 0 Å². The Hall–Kier alpha value is -5.72. The Morgan fingerprint density at radius 3 is 0.496 bits per heavy atom. The van der Waals surface area contributed by atoms with E-state index in [0.717, 1.165) is 133 Å². The number of allylic oxidation sites excluding steroid dienone is 4. The van der Waals surface area contributed by atoms with E-state index < -0.39 is 0 Å². The molecule has 6 atom stereocenters. The molecular weight excluding hydrogens is 1650 g/mol. The Labute approximate surface area is 818 Å². The van der Waals surface area contributed by atoms with Gasteiger partial charge in [0.25, 0.3) is 0 Å². The van der Waals surface area contributed by atoms with Crippen LogP contribution in [0.2, 0.25) is 0 Å². The molecule has 8 fully saturated rings. The second kappa shape index (κ2) is 75.3. The monoisotopic (exact) mass is 1850 g/mol. The lowest BCUT2D eigenvalue weighted by Crippen LogP contribution is -2.27. The van der Waals surface area contributed by atoms with E-state index in [-0.39, 0.29) is 43.3 Å². The highest BCUT2D eigenvalue weighted by atomic mass is 19.1. The molecule has 6 nitrogen and oxygen atoms in total. The summed E-state index contributed by atoms with van der Waals surface area (Å²) in [6.45, 7) is 73.2. The zero-order valence-corrected chi connectivity index (χ0v) is 90.7. The van der Waals surface area contributed by atoms with Crippen molar-refractivity contribution in [3.63, 3.8) is 0 Å². The third-order valence-electron chi connectivity index (χ3n) is 26.7. The lowest BCUT2D eigenvalue weighted by Gasteiger charge is -2.24. The highest BCUT2D eigenvalue weighted by molar-refractivity contribution is 5.25. The Morgan fingerprint density at radius 1 is 0.195 bits per heavy atom. The minimum absolute atomic E-state index is 0. The smallest absolute Gasteiger partial charge is 0.154 e.